The molecule has 0 spiro atoms. The Bertz CT molecular complexity index is 971. The van der Waals surface area contributed by atoms with Gasteiger partial charge in [0, 0.05) is 18.4 Å². The van der Waals surface area contributed by atoms with Gasteiger partial charge in [-0.05, 0) is 12.1 Å². The second-order valence-electron chi connectivity index (χ2n) is 7.03. The quantitative estimate of drug-likeness (QED) is 0.537. The minimum absolute atomic E-state index is 0.0832. The minimum Gasteiger partial charge on any atom is -0.493 e. The largest absolute Gasteiger partial charge is 0.493 e. The van der Waals surface area contributed by atoms with Crippen molar-refractivity contribution in [2.24, 2.45) is 0 Å². The smallest absolute Gasteiger partial charge is 0.235 e. The molecular formula is C19H25N4O5S+. The fourth-order valence-electron chi connectivity index (χ4n) is 3.98. The van der Waals surface area contributed by atoms with Crippen LogP contribution in [0.2, 0.25) is 0 Å². The molecule has 1 aromatic carbocycles. The van der Waals surface area contributed by atoms with E-state index in [1.807, 2.05) is 12.1 Å². The second-order valence-corrected chi connectivity index (χ2v) is 8.03. The van der Waals surface area contributed by atoms with Crippen LogP contribution >= 0.6 is 11.3 Å². The number of rotatable bonds is 6. The molecule has 3 heterocycles. The Morgan fingerprint density at radius 3 is 2.34 bits per heavy atom. The van der Waals surface area contributed by atoms with E-state index in [1.54, 1.807) is 21.3 Å². The first-order valence-corrected chi connectivity index (χ1v) is 10.2. The molecule has 4 rings (SSSR count). The number of nitrogens with one attached hydrogen (secondary N) is 1. The number of thiazole rings is 1. The number of hydrogen-bond donors (Lipinski definition) is 3. The molecule has 0 aliphatic carbocycles. The number of aromatic nitrogens is 3. The third-order valence-corrected chi connectivity index (χ3v) is 6.53. The number of aromatic hydroxyl groups is 1. The summed E-state index contributed by atoms with van der Waals surface area (Å²) in [6, 6.07) is 3.64. The topological polar surface area (TPSA) is 103 Å². The summed E-state index contributed by atoms with van der Waals surface area (Å²) in [6.45, 7) is 1.55. The van der Waals surface area contributed by atoms with E-state index in [0.29, 0.717) is 35.1 Å². The average molecular weight is 421 g/mol. The number of likely N-dealkylation sites (tertiary alicyclic amines) is 1. The molecule has 156 valence electrons. The molecule has 2 aromatic heterocycles. The van der Waals surface area contributed by atoms with Crippen LogP contribution in [0, 0.1) is 0 Å². The number of fused-ring (bicyclic) bond motifs is 1. The normalized spacial score (nSPS) is 20.6. The van der Waals surface area contributed by atoms with Gasteiger partial charge in [-0.1, -0.05) is 11.3 Å². The molecular weight excluding hydrogens is 396 g/mol. The van der Waals surface area contributed by atoms with Crippen LogP contribution in [0.4, 0.5) is 0 Å². The number of nitrogens with zero attached hydrogens (tertiary/aromatic N) is 3. The first-order chi connectivity index (χ1) is 14.1. The molecule has 3 N–H and O–H groups in total. The van der Waals surface area contributed by atoms with Crippen LogP contribution in [0.25, 0.3) is 4.96 Å². The third kappa shape index (κ3) is 3.47. The standard InChI is InChI=1S/C19H24N4O5S/c1-26-13-8-11(9-14(27-2)16(13)28-3)15(22-6-4-12(24)5-7-22)17-18(25)23-19(29-17)20-10-21-23/h8-10,12,15,24-25H,4-7H2,1-3H3/p+1/t15-/m1/s1. The zero-order valence-corrected chi connectivity index (χ0v) is 17.4. The van der Waals surface area contributed by atoms with Gasteiger partial charge in [-0.3, -0.25) is 0 Å². The summed E-state index contributed by atoms with van der Waals surface area (Å²) in [4.78, 5) is 6.86. The van der Waals surface area contributed by atoms with E-state index < -0.39 is 0 Å². The zero-order chi connectivity index (χ0) is 20.5. The molecule has 10 heteroatoms. The number of ether oxygens (including phenoxy) is 3. The maximum Gasteiger partial charge on any atom is 0.235 e. The van der Waals surface area contributed by atoms with Crippen LogP contribution in [0.15, 0.2) is 18.5 Å². The Morgan fingerprint density at radius 1 is 1.14 bits per heavy atom. The summed E-state index contributed by atoms with van der Waals surface area (Å²) in [5.74, 6) is 1.72. The van der Waals surface area contributed by atoms with E-state index in [-0.39, 0.29) is 18.0 Å². The van der Waals surface area contributed by atoms with E-state index in [4.69, 9.17) is 14.2 Å². The first-order valence-electron chi connectivity index (χ1n) is 9.41. The Kier molecular flexibility index (Phi) is 5.48. The molecule has 1 atom stereocenters. The molecule has 0 radical (unpaired) electrons. The minimum atomic E-state index is -0.282. The van der Waals surface area contributed by atoms with Crippen molar-refractivity contribution in [2.75, 3.05) is 34.4 Å². The van der Waals surface area contributed by atoms with E-state index >= 15 is 0 Å². The highest BCUT2D eigenvalue weighted by molar-refractivity contribution is 7.17. The third-order valence-electron chi connectivity index (χ3n) is 5.43. The summed E-state index contributed by atoms with van der Waals surface area (Å²) >= 11 is 1.41. The monoisotopic (exact) mass is 421 g/mol. The summed E-state index contributed by atoms with van der Waals surface area (Å²) in [6.07, 6.45) is 2.55. The van der Waals surface area contributed by atoms with Gasteiger partial charge in [-0.15, -0.1) is 0 Å². The maximum absolute atomic E-state index is 10.9. The van der Waals surface area contributed by atoms with Crippen LogP contribution in [0.3, 0.4) is 0 Å². The highest BCUT2D eigenvalue weighted by Gasteiger charge is 2.36. The second kappa shape index (κ2) is 8.05. The van der Waals surface area contributed by atoms with Gasteiger partial charge in [0.2, 0.25) is 16.6 Å². The van der Waals surface area contributed by atoms with Crippen LogP contribution in [0.5, 0.6) is 23.1 Å². The van der Waals surface area contributed by atoms with Crippen LogP contribution in [0.1, 0.15) is 29.3 Å². The first kappa shape index (κ1) is 19.7. The number of quaternary nitrogens is 1. The molecule has 1 aliphatic rings. The van der Waals surface area contributed by atoms with E-state index in [9.17, 15) is 10.2 Å². The van der Waals surface area contributed by atoms with Gasteiger partial charge in [0.1, 0.15) is 11.2 Å². The van der Waals surface area contributed by atoms with Gasteiger partial charge in [-0.25, -0.2) is 4.98 Å². The Labute approximate surface area is 172 Å². The number of aliphatic hydroxyl groups is 1. The van der Waals surface area contributed by atoms with Crippen molar-refractivity contribution in [1.82, 2.24) is 14.6 Å². The van der Waals surface area contributed by atoms with Gasteiger partial charge in [0.05, 0.1) is 40.5 Å². The molecule has 3 aromatic rings. The van der Waals surface area contributed by atoms with Crippen molar-refractivity contribution >= 4 is 16.3 Å². The fourth-order valence-corrected chi connectivity index (χ4v) is 5.10. The van der Waals surface area contributed by atoms with Crippen molar-refractivity contribution in [3.63, 3.8) is 0 Å². The molecule has 0 unspecified atom stereocenters. The van der Waals surface area contributed by atoms with Crippen molar-refractivity contribution in [2.45, 2.75) is 25.0 Å². The molecule has 29 heavy (non-hydrogen) atoms. The van der Waals surface area contributed by atoms with Crippen LogP contribution in [-0.2, 0) is 0 Å². The van der Waals surface area contributed by atoms with Crippen molar-refractivity contribution in [1.29, 1.82) is 0 Å². The number of hydrogen-bond acceptors (Lipinski definition) is 8. The number of benzene rings is 1. The van der Waals surface area contributed by atoms with Crippen LogP contribution < -0.4 is 19.1 Å². The lowest BCUT2D eigenvalue weighted by molar-refractivity contribution is -0.931. The number of piperidine rings is 1. The summed E-state index contributed by atoms with van der Waals surface area (Å²) in [5.41, 5.74) is 0.922. The van der Waals surface area contributed by atoms with E-state index in [0.717, 1.165) is 23.5 Å². The summed E-state index contributed by atoms with van der Waals surface area (Å²) < 4.78 is 18.0. The molecule has 0 bridgehead atoms. The van der Waals surface area contributed by atoms with Gasteiger partial charge >= 0.3 is 0 Å². The molecule has 9 nitrogen and oxygen atoms in total. The summed E-state index contributed by atoms with van der Waals surface area (Å²) in [7, 11) is 4.74. The lowest BCUT2D eigenvalue weighted by atomic mass is 9.98. The van der Waals surface area contributed by atoms with Gasteiger partial charge < -0.3 is 29.3 Å². The molecule has 1 saturated heterocycles. The van der Waals surface area contributed by atoms with Crippen LogP contribution in [-0.4, -0.2) is 65.3 Å². The zero-order valence-electron chi connectivity index (χ0n) is 16.6. The molecule has 1 aliphatic heterocycles. The lowest BCUT2D eigenvalue weighted by Gasteiger charge is -2.33. The van der Waals surface area contributed by atoms with Crippen molar-refractivity contribution in [3.05, 3.63) is 28.9 Å². The van der Waals surface area contributed by atoms with Gasteiger partial charge in [0.15, 0.2) is 17.5 Å². The predicted molar refractivity (Wildman–Crippen MR) is 106 cm³/mol. The highest BCUT2D eigenvalue weighted by Crippen LogP contribution is 2.42. The average Bonchev–Trinajstić information content (AvgIpc) is 3.32. The fraction of sp³-hybridized carbons (Fsp3) is 0.474. The Hall–Kier alpha value is -2.56. The van der Waals surface area contributed by atoms with E-state index in [2.05, 4.69) is 10.1 Å². The molecule has 0 saturated carbocycles. The lowest BCUT2D eigenvalue weighted by Crippen LogP contribution is -3.13. The molecule has 1 fully saturated rings. The summed E-state index contributed by atoms with van der Waals surface area (Å²) in [5, 5.41) is 25.0. The van der Waals surface area contributed by atoms with Crippen molar-refractivity contribution in [3.8, 4) is 23.1 Å². The number of methoxy groups -OCH3 is 3. The Morgan fingerprint density at radius 2 is 1.79 bits per heavy atom. The highest BCUT2D eigenvalue weighted by atomic mass is 32.1. The SMILES string of the molecule is COc1cc([C@H](c2sc3ncnn3c2O)[NH+]2CCC(O)CC2)cc(OC)c1OC. The van der Waals surface area contributed by atoms with Gasteiger partial charge in [-0.2, -0.15) is 9.61 Å². The van der Waals surface area contributed by atoms with E-state index in [1.165, 1.54) is 27.1 Å². The maximum atomic E-state index is 10.9. The van der Waals surface area contributed by atoms with Crippen molar-refractivity contribution < 1.29 is 29.3 Å². The molecule has 0 amide bonds. The Balaban J connectivity index is 1.86. The van der Waals surface area contributed by atoms with Gasteiger partial charge in [0.25, 0.3) is 0 Å². The number of aliphatic hydroxyl groups excluding tert-OH is 1. The predicted octanol–water partition coefficient (Wildman–Crippen LogP) is 0.651.